The summed E-state index contributed by atoms with van der Waals surface area (Å²) in [6.07, 6.45) is 0. The molecule has 30 heavy (non-hydrogen) atoms. The molecule has 3 rings (SSSR count). The average Bonchev–Trinajstić information content (AvgIpc) is 2.71. The summed E-state index contributed by atoms with van der Waals surface area (Å²) < 4.78 is 25.3. The second-order valence-electron chi connectivity index (χ2n) is 6.36. The zero-order valence-corrected chi connectivity index (χ0v) is 18.3. The van der Waals surface area contributed by atoms with Gasteiger partial charge in [-0.15, -0.1) is 0 Å². The fraction of sp³-hybridized carbons (Fsp3) is 0.182. The largest absolute Gasteiger partial charge is 0.505 e. The summed E-state index contributed by atoms with van der Waals surface area (Å²) >= 11 is 18.3. The molecule has 0 heterocycles. The van der Waals surface area contributed by atoms with Crippen LogP contribution >= 0.6 is 34.8 Å². The van der Waals surface area contributed by atoms with Gasteiger partial charge in [-0.3, -0.25) is 0 Å². The van der Waals surface area contributed by atoms with Crippen molar-refractivity contribution >= 4 is 40.5 Å². The molecule has 0 fully saturated rings. The first-order chi connectivity index (χ1) is 14.4. The Morgan fingerprint density at radius 2 is 1.67 bits per heavy atom. The molecule has 3 aromatic carbocycles. The lowest BCUT2D eigenvalue weighted by atomic mass is 10.2. The molecule has 0 spiro atoms. The molecular formula is C22H19Cl3FNO3. The normalized spacial score (nSPS) is 10.7. The lowest BCUT2D eigenvalue weighted by molar-refractivity contribution is 0.266. The smallest absolute Gasteiger partial charge is 0.180 e. The highest BCUT2D eigenvalue weighted by Crippen LogP contribution is 2.38. The van der Waals surface area contributed by atoms with E-state index < -0.39 is 0 Å². The van der Waals surface area contributed by atoms with Gasteiger partial charge in [-0.2, -0.15) is 0 Å². The van der Waals surface area contributed by atoms with Crippen LogP contribution in [0.3, 0.4) is 0 Å². The third kappa shape index (κ3) is 5.42. The van der Waals surface area contributed by atoms with E-state index in [0.29, 0.717) is 40.9 Å². The maximum absolute atomic E-state index is 13.9. The standard InChI is InChI=1S/C22H19Cl3FNO3/c1-2-29-20-8-13(11-27-15-9-16(23)21(28)17(24)10-15)7-18(25)22(20)30-12-14-5-3-4-6-19(14)26/h3-10,27-28H,2,11-12H2,1H3. The van der Waals surface area contributed by atoms with Crippen LogP contribution < -0.4 is 14.8 Å². The SMILES string of the molecule is CCOc1cc(CNc2cc(Cl)c(O)c(Cl)c2)cc(Cl)c1OCc1ccccc1F. The molecule has 0 amide bonds. The van der Waals surface area contributed by atoms with Crippen LogP contribution in [-0.4, -0.2) is 11.7 Å². The van der Waals surface area contributed by atoms with Crippen molar-refractivity contribution < 1.29 is 19.0 Å². The summed E-state index contributed by atoms with van der Waals surface area (Å²) in [5.74, 6) is 0.293. The van der Waals surface area contributed by atoms with Crippen LogP contribution in [0.2, 0.25) is 15.1 Å². The monoisotopic (exact) mass is 469 g/mol. The van der Waals surface area contributed by atoms with E-state index >= 15 is 0 Å². The minimum atomic E-state index is -0.348. The highest BCUT2D eigenvalue weighted by Gasteiger charge is 2.14. The van der Waals surface area contributed by atoms with E-state index in [0.717, 1.165) is 5.56 Å². The molecule has 0 aliphatic heterocycles. The van der Waals surface area contributed by atoms with Gasteiger partial charge in [-0.1, -0.05) is 53.0 Å². The number of benzene rings is 3. The number of ether oxygens (including phenoxy) is 2. The number of halogens is 4. The van der Waals surface area contributed by atoms with Gasteiger partial charge in [0.05, 0.1) is 21.7 Å². The van der Waals surface area contributed by atoms with Gasteiger partial charge in [0.25, 0.3) is 0 Å². The van der Waals surface area contributed by atoms with Gasteiger partial charge in [0.2, 0.25) is 0 Å². The van der Waals surface area contributed by atoms with E-state index in [2.05, 4.69) is 5.32 Å². The first-order valence-corrected chi connectivity index (χ1v) is 10.3. The molecule has 0 unspecified atom stereocenters. The predicted octanol–water partition coefficient (Wildman–Crippen LogP) is 7.08. The second kappa shape index (κ2) is 10.1. The van der Waals surface area contributed by atoms with E-state index in [1.807, 2.05) is 6.92 Å². The third-order valence-electron chi connectivity index (χ3n) is 4.21. The maximum atomic E-state index is 13.9. The van der Waals surface area contributed by atoms with Gasteiger partial charge < -0.3 is 19.9 Å². The van der Waals surface area contributed by atoms with Crippen LogP contribution in [0.5, 0.6) is 17.2 Å². The summed E-state index contributed by atoms with van der Waals surface area (Å²) in [7, 11) is 0. The fourth-order valence-electron chi connectivity index (χ4n) is 2.76. The Bertz CT molecular complexity index is 1020. The quantitative estimate of drug-likeness (QED) is 0.345. The van der Waals surface area contributed by atoms with Gasteiger partial charge in [-0.25, -0.2) is 4.39 Å². The van der Waals surface area contributed by atoms with Crippen molar-refractivity contribution in [1.29, 1.82) is 0 Å². The fourth-order valence-corrected chi connectivity index (χ4v) is 3.54. The molecule has 158 valence electrons. The molecule has 0 aliphatic carbocycles. The summed E-state index contributed by atoms with van der Waals surface area (Å²) in [6, 6.07) is 13.0. The molecule has 0 bridgehead atoms. The highest BCUT2D eigenvalue weighted by molar-refractivity contribution is 6.37. The van der Waals surface area contributed by atoms with Gasteiger partial charge in [-0.05, 0) is 42.8 Å². The molecule has 0 saturated heterocycles. The molecule has 3 aromatic rings. The predicted molar refractivity (Wildman–Crippen MR) is 119 cm³/mol. The van der Waals surface area contributed by atoms with Crippen LogP contribution in [0.15, 0.2) is 48.5 Å². The number of rotatable bonds is 8. The zero-order valence-electron chi connectivity index (χ0n) is 16.0. The van der Waals surface area contributed by atoms with Crippen LogP contribution in [-0.2, 0) is 13.2 Å². The summed E-state index contributed by atoms with van der Waals surface area (Å²) in [5, 5.41) is 13.5. The Morgan fingerprint density at radius 1 is 0.967 bits per heavy atom. The van der Waals surface area contributed by atoms with E-state index in [1.165, 1.54) is 6.07 Å². The Morgan fingerprint density at radius 3 is 2.33 bits per heavy atom. The number of hydrogen-bond donors (Lipinski definition) is 2. The first kappa shape index (κ1) is 22.3. The first-order valence-electron chi connectivity index (χ1n) is 9.12. The van der Waals surface area contributed by atoms with Crippen molar-refractivity contribution in [3.05, 3.63) is 80.5 Å². The molecule has 0 radical (unpaired) electrons. The van der Waals surface area contributed by atoms with E-state index in [-0.39, 0.29) is 28.2 Å². The highest BCUT2D eigenvalue weighted by atomic mass is 35.5. The van der Waals surface area contributed by atoms with Gasteiger partial charge >= 0.3 is 0 Å². The number of anilines is 1. The van der Waals surface area contributed by atoms with Crippen molar-refractivity contribution in [3.8, 4) is 17.2 Å². The third-order valence-corrected chi connectivity index (χ3v) is 5.07. The van der Waals surface area contributed by atoms with E-state index in [9.17, 15) is 9.50 Å². The summed E-state index contributed by atoms with van der Waals surface area (Å²) in [5.41, 5.74) is 1.88. The van der Waals surface area contributed by atoms with Crippen molar-refractivity contribution in [3.63, 3.8) is 0 Å². The van der Waals surface area contributed by atoms with E-state index in [1.54, 1.807) is 42.5 Å². The zero-order chi connectivity index (χ0) is 21.7. The number of phenols is 1. The van der Waals surface area contributed by atoms with Crippen molar-refractivity contribution in [1.82, 2.24) is 0 Å². The van der Waals surface area contributed by atoms with Gasteiger partial charge in [0.1, 0.15) is 12.4 Å². The molecule has 0 atom stereocenters. The van der Waals surface area contributed by atoms with E-state index in [4.69, 9.17) is 44.3 Å². The van der Waals surface area contributed by atoms with Crippen molar-refractivity contribution in [2.24, 2.45) is 0 Å². The molecule has 0 aliphatic rings. The molecule has 2 N–H and O–H groups in total. The van der Waals surface area contributed by atoms with Crippen LogP contribution in [0.1, 0.15) is 18.1 Å². The van der Waals surface area contributed by atoms with Crippen molar-refractivity contribution in [2.45, 2.75) is 20.1 Å². The maximum Gasteiger partial charge on any atom is 0.180 e. The number of aromatic hydroxyl groups is 1. The van der Waals surface area contributed by atoms with Gasteiger partial charge in [0.15, 0.2) is 17.2 Å². The van der Waals surface area contributed by atoms with Crippen LogP contribution in [0.4, 0.5) is 10.1 Å². The topological polar surface area (TPSA) is 50.7 Å². The van der Waals surface area contributed by atoms with Crippen molar-refractivity contribution in [2.75, 3.05) is 11.9 Å². The number of phenolic OH excluding ortho intramolecular Hbond substituents is 1. The molecule has 8 heteroatoms. The summed E-state index contributed by atoms with van der Waals surface area (Å²) in [6.45, 7) is 2.67. The Balaban J connectivity index is 1.78. The number of nitrogens with one attached hydrogen (secondary N) is 1. The molecular weight excluding hydrogens is 452 g/mol. The Hall–Kier alpha value is -2.34. The minimum Gasteiger partial charge on any atom is -0.505 e. The van der Waals surface area contributed by atoms with Crippen LogP contribution in [0.25, 0.3) is 0 Å². The second-order valence-corrected chi connectivity index (χ2v) is 7.58. The molecule has 0 aromatic heterocycles. The lowest BCUT2D eigenvalue weighted by Gasteiger charge is -2.16. The Kier molecular flexibility index (Phi) is 7.53. The number of hydrogen-bond acceptors (Lipinski definition) is 4. The lowest BCUT2D eigenvalue weighted by Crippen LogP contribution is -2.04. The average molecular weight is 471 g/mol. The Labute approximate surface area is 189 Å². The molecule has 0 saturated carbocycles. The van der Waals surface area contributed by atoms with Crippen LogP contribution in [0, 0.1) is 5.82 Å². The van der Waals surface area contributed by atoms with Gasteiger partial charge in [0, 0.05) is 17.8 Å². The minimum absolute atomic E-state index is 0.0224. The summed E-state index contributed by atoms with van der Waals surface area (Å²) in [4.78, 5) is 0. The molecule has 4 nitrogen and oxygen atoms in total.